The van der Waals surface area contributed by atoms with Crippen molar-refractivity contribution in [2.75, 3.05) is 18.1 Å². The molecule has 0 amide bonds. The number of rotatable bonds is 3. The molecule has 2 aromatic heterocycles. The van der Waals surface area contributed by atoms with Gasteiger partial charge in [-0.25, -0.2) is 9.78 Å². The van der Waals surface area contributed by atoms with Crippen LogP contribution < -0.4 is 4.90 Å². The molecule has 3 heterocycles. The fourth-order valence-corrected chi connectivity index (χ4v) is 3.40. The van der Waals surface area contributed by atoms with Gasteiger partial charge in [0.25, 0.3) is 0 Å². The van der Waals surface area contributed by atoms with Gasteiger partial charge < -0.3 is 14.1 Å². The molecule has 4 rings (SSSR count). The Morgan fingerprint density at radius 3 is 2.88 bits per heavy atom. The van der Waals surface area contributed by atoms with Crippen LogP contribution in [-0.4, -0.2) is 29.1 Å². The monoisotopic (exact) mass is 337 g/mol. The number of aromatic nitrogens is 2. The number of nitrogens with zero attached hydrogens (tertiary/aromatic N) is 3. The second-order valence-electron chi connectivity index (χ2n) is 6.06. The van der Waals surface area contributed by atoms with Gasteiger partial charge in [-0.15, -0.1) is 0 Å². The number of hydrogen-bond acceptors (Lipinski definition) is 6. The van der Waals surface area contributed by atoms with Crippen LogP contribution in [0.5, 0.6) is 0 Å². The number of esters is 1. The minimum Gasteiger partial charge on any atom is -0.462 e. The molecule has 128 valence electrons. The number of fused-ring (bicyclic) bond motifs is 2. The summed E-state index contributed by atoms with van der Waals surface area (Å²) in [4.78, 5) is 23.6. The summed E-state index contributed by atoms with van der Waals surface area (Å²) in [6, 6.07) is 8.24. The molecule has 0 saturated heterocycles. The van der Waals surface area contributed by atoms with Gasteiger partial charge in [0.05, 0.1) is 12.0 Å². The van der Waals surface area contributed by atoms with Crippen molar-refractivity contribution < 1.29 is 13.9 Å². The zero-order chi connectivity index (χ0) is 17.6. The maximum Gasteiger partial charge on any atom is 0.342 e. The maximum absolute atomic E-state index is 12.5. The molecule has 0 bridgehead atoms. The zero-order valence-electron chi connectivity index (χ0n) is 14.5. The van der Waals surface area contributed by atoms with E-state index in [1.807, 2.05) is 19.1 Å². The fraction of sp³-hybridized carbons (Fsp3) is 0.316. The Labute approximate surface area is 145 Å². The Morgan fingerprint density at radius 1 is 1.28 bits per heavy atom. The second kappa shape index (κ2) is 5.88. The first-order valence-electron chi connectivity index (χ1n) is 8.40. The topological polar surface area (TPSA) is 68.5 Å². The van der Waals surface area contributed by atoms with E-state index in [4.69, 9.17) is 9.15 Å². The zero-order valence-corrected chi connectivity index (χ0v) is 14.5. The molecule has 0 spiro atoms. The van der Waals surface area contributed by atoms with Gasteiger partial charge >= 0.3 is 5.97 Å². The van der Waals surface area contributed by atoms with Gasteiger partial charge in [-0.1, -0.05) is 18.2 Å². The molecule has 1 aliphatic rings. The van der Waals surface area contributed by atoms with Crippen molar-refractivity contribution in [3.05, 3.63) is 47.0 Å². The maximum atomic E-state index is 12.5. The van der Waals surface area contributed by atoms with E-state index in [0.717, 1.165) is 18.7 Å². The number of aryl methyl sites for hydroxylation is 2. The lowest BCUT2D eigenvalue weighted by Crippen LogP contribution is -2.17. The molecule has 0 fully saturated rings. The summed E-state index contributed by atoms with van der Waals surface area (Å²) in [6.45, 7) is 6.47. The van der Waals surface area contributed by atoms with Crippen LogP contribution in [0.3, 0.4) is 0 Å². The van der Waals surface area contributed by atoms with Crippen LogP contribution in [0.2, 0.25) is 0 Å². The Kier molecular flexibility index (Phi) is 3.67. The molecule has 1 aliphatic heterocycles. The average molecular weight is 337 g/mol. The highest BCUT2D eigenvalue weighted by atomic mass is 16.5. The van der Waals surface area contributed by atoms with Crippen LogP contribution in [0.15, 0.2) is 28.7 Å². The van der Waals surface area contributed by atoms with Crippen LogP contribution in [0.4, 0.5) is 11.5 Å². The normalized spacial score (nSPS) is 13.3. The molecule has 0 atom stereocenters. The van der Waals surface area contributed by atoms with Crippen molar-refractivity contribution in [2.24, 2.45) is 0 Å². The third-order valence-electron chi connectivity index (χ3n) is 4.44. The van der Waals surface area contributed by atoms with Gasteiger partial charge in [-0.2, -0.15) is 4.98 Å². The fourth-order valence-electron chi connectivity index (χ4n) is 3.40. The lowest BCUT2D eigenvalue weighted by molar-refractivity contribution is 0.0526. The van der Waals surface area contributed by atoms with E-state index in [0.29, 0.717) is 40.7 Å². The van der Waals surface area contributed by atoms with Crippen LogP contribution in [0, 0.1) is 13.8 Å². The minimum atomic E-state index is -0.403. The third kappa shape index (κ3) is 2.45. The number of para-hydroxylation sites is 1. The number of ether oxygens (including phenoxy) is 1. The Bertz CT molecular complexity index is 977. The van der Waals surface area contributed by atoms with Crippen molar-refractivity contribution in [1.82, 2.24) is 9.97 Å². The summed E-state index contributed by atoms with van der Waals surface area (Å²) in [7, 11) is 0. The standard InChI is InChI=1S/C19H19N3O3/c1-4-24-19(23)15-11(2)25-18-16(15)17(20-12(3)21-18)22-10-9-13-7-5-6-8-14(13)22/h5-8H,4,9-10H2,1-3H3. The van der Waals surface area contributed by atoms with Crippen molar-refractivity contribution in [3.63, 3.8) is 0 Å². The highest BCUT2D eigenvalue weighted by molar-refractivity contribution is 6.08. The highest BCUT2D eigenvalue weighted by Gasteiger charge is 2.29. The Balaban J connectivity index is 1.96. The lowest BCUT2D eigenvalue weighted by atomic mass is 10.1. The first kappa shape index (κ1) is 15.6. The van der Waals surface area contributed by atoms with Crippen molar-refractivity contribution in [3.8, 4) is 0 Å². The quantitative estimate of drug-likeness (QED) is 0.679. The van der Waals surface area contributed by atoms with Gasteiger partial charge in [-0.3, -0.25) is 0 Å². The van der Waals surface area contributed by atoms with E-state index in [1.165, 1.54) is 5.56 Å². The largest absolute Gasteiger partial charge is 0.462 e. The summed E-state index contributed by atoms with van der Waals surface area (Å²) in [5, 5.41) is 0.623. The van der Waals surface area contributed by atoms with Crippen molar-refractivity contribution in [1.29, 1.82) is 0 Å². The third-order valence-corrected chi connectivity index (χ3v) is 4.44. The van der Waals surface area contributed by atoms with Crippen molar-refractivity contribution in [2.45, 2.75) is 27.2 Å². The number of carbonyl (C=O) groups excluding carboxylic acids is 1. The second-order valence-corrected chi connectivity index (χ2v) is 6.06. The van der Waals surface area contributed by atoms with E-state index in [9.17, 15) is 4.79 Å². The lowest BCUT2D eigenvalue weighted by Gasteiger charge is -2.19. The number of furan rings is 1. The first-order chi connectivity index (χ1) is 12.1. The van der Waals surface area contributed by atoms with E-state index in [1.54, 1.807) is 13.8 Å². The van der Waals surface area contributed by atoms with E-state index in [-0.39, 0.29) is 0 Å². The SMILES string of the molecule is CCOC(=O)c1c(C)oc2nc(C)nc(N3CCc4ccccc43)c12. The van der Waals surface area contributed by atoms with Gasteiger partial charge in [0.2, 0.25) is 5.71 Å². The molecule has 3 aromatic rings. The Morgan fingerprint density at radius 2 is 2.08 bits per heavy atom. The molecular formula is C19H19N3O3. The van der Waals surface area contributed by atoms with Crippen LogP contribution in [0.25, 0.3) is 11.1 Å². The predicted molar refractivity (Wildman–Crippen MR) is 94.4 cm³/mol. The molecule has 1 aromatic carbocycles. The number of anilines is 2. The average Bonchev–Trinajstić information content (AvgIpc) is 3.14. The molecule has 0 aliphatic carbocycles. The smallest absolute Gasteiger partial charge is 0.342 e. The van der Waals surface area contributed by atoms with Gasteiger partial charge in [0, 0.05) is 12.2 Å². The number of benzene rings is 1. The predicted octanol–water partition coefficient (Wildman–Crippen LogP) is 3.71. The molecule has 6 nitrogen and oxygen atoms in total. The van der Waals surface area contributed by atoms with Crippen LogP contribution >= 0.6 is 0 Å². The molecule has 0 radical (unpaired) electrons. The first-order valence-corrected chi connectivity index (χ1v) is 8.40. The number of carbonyl (C=O) groups is 1. The summed E-state index contributed by atoms with van der Waals surface area (Å²) >= 11 is 0. The number of hydrogen-bond donors (Lipinski definition) is 0. The molecule has 6 heteroatoms. The molecule has 0 N–H and O–H groups in total. The van der Waals surface area contributed by atoms with Crippen LogP contribution in [-0.2, 0) is 11.2 Å². The Hall–Kier alpha value is -2.89. The van der Waals surface area contributed by atoms with Gasteiger partial charge in [0.1, 0.15) is 23.0 Å². The summed E-state index contributed by atoms with van der Waals surface area (Å²) < 4.78 is 11.0. The van der Waals surface area contributed by atoms with Crippen LogP contribution in [0.1, 0.15) is 34.4 Å². The summed E-state index contributed by atoms with van der Waals surface area (Å²) in [5.41, 5.74) is 3.21. The van der Waals surface area contributed by atoms with E-state index < -0.39 is 5.97 Å². The van der Waals surface area contributed by atoms with E-state index in [2.05, 4.69) is 27.0 Å². The van der Waals surface area contributed by atoms with E-state index >= 15 is 0 Å². The molecule has 25 heavy (non-hydrogen) atoms. The van der Waals surface area contributed by atoms with Gasteiger partial charge in [0.15, 0.2) is 0 Å². The van der Waals surface area contributed by atoms with Gasteiger partial charge in [-0.05, 0) is 38.8 Å². The summed E-state index contributed by atoms with van der Waals surface area (Å²) in [5.74, 6) is 1.41. The molecular weight excluding hydrogens is 318 g/mol. The molecule has 0 saturated carbocycles. The summed E-state index contributed by atoms with van der Waals surface area (Å²) in [6.07, 6.45) is 0.937. The van der Waals surface area contributed by atoms with Crippen molar-refractivity contribution >= 4 is 28.6 Å². The highest BCUT2D eigenvalue weighted by Crippen LogP contribution is 2.39. The minimum absolute atomic E-state index is 0.305. The molecule has 0 unspecified atom stereocenters.